The van der Waals surface area contributed by atoms with Crippen LogP contribution in [0.3, 0.4) is 0 Å². The number of amides is 1. The van der Waals surface area contributed by atoms with Crippen LogP contribution >= 0.6 is 0 Å². The number of nitrogens with one attached hydrogen (secondary N) is 2. The van der Waals surface area contributed by atoms with Crippen LogP contribution in [0.2, 0.25) is 0 Å². The Morgan fingerprint density at radius 3 is 2.03 bits per heavy atom. The van der Waals surface area contributed by atoms with Crippen molar-refractivity contribution in [2.24, 2.45) is 0 Å². The molecule has 0 heterocycles. The molecule has 3 aromatic carbocycles. The summed E-state index contributed by atoms with van der Waals surface area (Å²) in [4.78, 5) is 12.9. The summed E-state index contributed by atoms with van der Waals surface area (Å²) in [5.74, 6) is -0.116. The van der Waals surface area contributed by atoms with Gasteiger partial charge in [-0.25, -0.2) is 13.1 Å². The van der Waals surface area contributed by atoms with Crippen LogP contribution < -0.4 is 10.0 Å². The Bertz CT molecular complexity index is 1070. The van der Waals surface area contributed by atoms with Crippen molar-refractivity contribution in [3.05, 3.63) is 101 Å². The van der Waals surface area contributed by atoms with Gasteiger partial charge in [0.05, 0.1) is 4.90 Å². The summed E-state index contributed by atoms with van der Waals surface area (Å²) >= 11 is 0. The number of rotatable bonds is 9. The Labute approximate surface area is 184 Å². The Morgan fingerprint density at radius 2 is 1.48 bits per heavy atom. The molecule has 0 aliphatic carbocycles. The van der Waals surface area contributed by atoms with Crippen LogP contribution in [0.4, 0.5) is 0 Å². The lowest BCUT2D eigenvalue weighted by molar-refractivity contribution is 0.0952. The van der Waals surface area contributed by atoms with Gasteiger partial charge in [-0.15, -0.1) is 0 Å². The number of hydrogen-bond acceptors (Lipinski definition) is 3. The Hall–Kier alpha value is -2.96. The normalized spacial score (nSPS) is 11.5. The van der Waals surface area contributed by atoms with E-state index in [4.69, 9.17) is 0 Å². The van der Waals surface area contributed by atoms with Crippen LogP contribution in [-0.2, 0) is 10.0 Å². The molecule has 0 bridgehead atoms. The lowest BCUT2D eigenvalue weighted by Gasteiger charge is -2.19. The van der Waals surface area contributed by atoms with Crippen molar-refractivity contribution < 1.29 is 13.2 Å². The quantitative estimate of drug-likeness (QED) is 0.527. The summed E-state index contributed by atoms with van der Waals surface area (Å²) in [5, 5.41) is 2.97. The average molecular weight is 437 g/mol. The van der Waals surface area contributed by atoms with Crippen molar-refractivity contribution in [1.29, 1.82) is 0 Å². The number of benzene rings is 3. The predicted octanol–water partition coefficient (Wildman–Crippen LogP) is 4.25. The summed E-state index contributed by atoms with van der Waals surface area (Å²) in [7, 11) is -3.62. The van der Waals surface area contributed by atoms with Gasteiger partial charge < -0.3 is 5.32 Å². The second-order valence-corrected chi connectivity index (χ2v) is 9.16. The maximum Gasteiger partial charge on any atom is 0.251 e. The van der Waals surface area contributed by atoms with Crippen molar-refractivity contribution in [1.82, 2.24) is 10.0 Å². The van der Waals surface area contributed by atoms with Crippen LogP contribution in [-0.4, -0.2) is 27.4 Å². The summed E-state index contributed by atoms with van der Waals surface area (Å²) in [6, 6.07) is 25.1. The third kappa shape index (κ3) is 5.81. The van der Waals surface area contributed by atoms with Gasteiger partial charge in [-0.3, -0.25) is 4.79 Å². The molecule has 0 unspecified atom stereocenters. The van der Waals surface area contributed by atoms with E-state index in [1.165, 1.54) is 23.3 Å². The Morgan fingerprint density at radius 1 is 0.903 bits per heavy atom. The fourth-order valence-electron chi connectivity index (χ4n) is 3.61. The van der Waals surface area contributed by atoms with E-state index in [0.29, 0.717) is 12.1 Å². The monoisotopic (exact) mass is 436 g/mol. The molecule has 0 aromatic heterocycles. The van der Waals surface area contributed by atoms with Gasteiger partial charge in [0, 0.05) is 24.6 Å². The van der Waals surface area contributed by atoms with Crippen molar-refractivity contribution in [3.63, 3.8) is 0 Å². The van der Waals surface area contributed by atoms with Crippen LogP contribution in [0.5, 0.6) is 0 Å². The van der Waals surface area contributed by atoms with Gasteiger partial charge in [0.2, 0.25) is 10.0 Å². The van der Waals surface area contributed by atoms with Crippen LogP contribution in [0, 0.1) is 6.92 Å². The first-order valence-corrected chi connectivity index (χ1v) is 11.9. The van der Waals surface area contributed by atoms with E-state index < -0.39 is 10.0 Å². The molecule has 0 aliphatic heterocycles. The Kier molecular flexibility index (Phi) is 7.60. The fraction of sp³-hybridized carbons (Fsp3) is 0.240. The first-order chi connectivity index (χ1) is 14.9. The summed E-state index contributed by atoms with van der Waals surface area (Å²) in [6.45, 7) is 4.28. The van der Waals surface area contributed by atoms with Gasteiger partial charge in [0.25, 0.3) is 5.91 Å². The molecule has 0 radical (unpaired) electrons. The van der Waals surface area contributed by atoms with Crippen molar-refractivity contribution in [2.45, 2.75) is 31.1 Å². The molecule has 0 spiro atoms. The number of carbonyl (C=O) groups excluding carboxylic acids is 1. The van der Waals surface area contributed by atoms with Gasteiger partial charge in [0.1, 0.15) is 0 Å². The van der Waals surface area contributed by atoms with Crippen molar-refractivity contribution >= 4 is 15.9 Å². The molecule has 0 saturated carbocycles. The van der Waals surface area contributed by atoms with Crippen LogP contribution in [0.1, 0.15) is 46.3 Å². The zero-order valence-corrected chi connectivity index (χ0v) is 18.7. The highest BCUT2D eigenvalue weighted by Gasteiger charge is 2.18. The average Bonchev–Trinajstić information content (AvgIpc) is 2.78. The maximum absolute atomic E-state index is 12.8. The van der Waals surface area contributed by atoms with E-state index in [1.54, 1.807) is 19.9 Å². The van der Waals surface area contributed by atoms with E-state index in [1.807, 2.05) is 36.4 Å². The summed E-state index contributed by atoms with van der Waals surface area (Å²) in [6.07, 6.45) is 0.730. The van der Waals surface area contributed by atoms with Gasteiger partial charge >= 0.3 is 0 Å². The molecule has 0 atom stereocenters. The van der Waals surface area contributed by atoms with Gasteiger partial charge in [-0.1, -0.05) is 73.7 Å². The molecule has 162 valence electrons. The molecule has 0 fully saturated rings. The van der Waals surface area contributed by atoms with Crippen molar-refractivity contribution in [3.8, 4) is 0 Å². The molecule has 2 N–H and O–H groups in total. The van der Waals surface area contributed by atoms with E-state index >= 15 is 0 Å². The molecule has 0 aliphatic rings. The molecule has 5 nitrogen and oxygen atoms in total. The fourth-order valence-corrected chi connectivity index (χ4v) is 4.67. The molecule has 31 heavy (non-hydrogen) atoms. The second kappa shape index (κ2) is 10.4. The minimum Gasteiger partial charge on any atom is -0.352 e. The molecular formula is C25H28N2O3S. The third-order valence-electron chi connectivity index (χ3n) is 5.22. The number of sulfonamides is 1. The molecule has 1 amide bonds. The van der Waals surface area contributed by atoms with Crippen LogP contribution in [0.15, 0.2) is 83.8 Å². The molecule has 0 saturated heterocycles. The SMILES string of the molecule is CCNS(=O)(=O)c1ccc(C)c(C(=O)NCCC(c2ccccc2)c2ccccc2)c1. The molecular weight excluding hydrogens is 408 g/mol. The van der Waals surface area contributed by atoms with E-state index in [0.717, 1.165) is 12.0 Å². The minimum atomic E-state index is -3.62. The highest BCUT2D eigenvalue weighted by molar-refractivity contribution is 7.89. The zero-order valence-electron chi connectivity index (χ0n) is 17.8. The lowest BCUT2D eigenvalue weighted by atomic mass is 9.88. The standard InChI is InChI=1S/C25H28N2O3S/c1-3-27-31(29,30)22-15-14-19(2)24(18-22)25(28)26-17-16-23(20-10-6-4-7-11-20)21-12-8-5-9-13-21/h4-15,18,23,27H,3,16-17H2,1-2H3,(H,26,28). The third-order valence-corrected chi connectivity index (χ3v) is 6.76. The highest BCUT2D eigenvalue weighted by Crippen LogP contribution is 2.27. The topological polar surface area (TPSA) is 75.3 Å². The second-order valence-electron chi connectivity index (χ2n) is 7.40. The smallest absolute Gasteiger partial charge is 0.251 e. The Balaban J connectivity index is 1.74. The first-order valence-electron chi connectivity index (χ1n) is 10.4. The lowest BCUT2D eigenvalue weighted by Crippen LogP contribution is -2.28. The predicted molar refractivity (Wildman–Crippen MR) is 124 cm³/mol. The van der Waals surface area contributed by atoms with E-state index in [-0.39, 0.29) is 23.3 Å². The van der Waals surface area contributed by atoms with Crippen LogP contribution in [0.25, 0.3) is 0 Å². The van der Waals surface area contributed by atoms with Crippen molar-refractivity contribution in [2.75, 3.05) is 13.1 Å². The largest absolute Gasteiger partial charge is 0.352 e. The molecule has 3 aromatic rings. The molecule has 6 heteroatoms. The van der Waals surface area contributed by atoms with Gasteiger partial charge in [-0.2, -0.15) is 0 Å². The summed E-state index contributed by atoms with van der Waals surface area (Å²) < 4.78 is 27.0. The minimum absolute atomic E-state index is 0.0940. The van der Waals surface area contributed by atoms with Gasteiger partial charge in [0.15, 0.2) is 0 Å². The zero-order chi connectivity index (χ0) is 22.3. The van der Waals surface area contributed by atoms with E-state index in [9.17, 15) is 13.2 Å². The maximum atomic E-state index is 12.8. The van der Waals surface area contributed by atoms with Gasteiger partial charge in [-0.05, 0) is 42.2 Å². The molecule has 3 rings (SSSR count). The highest BCUT2D eigenvalue weighted by atomic mass is 32.2. The number of aryl methyl sites for hydroxylation is 1. The number of carbonyl (C=O) groups is 1. The first kappa shape index (κ1) is 22.7. The summed E-state index contributed by atoms with van der Waals surface area (Å²) in [5.41, 5.74) is 3.49. The number of hydrogen-bond donors (Lipinski definition) is 2. The van der Waals surface area contributed by atoms with E-state index in [2.05, 4.69) is 34.3 Å².